The Morgan fingerprint density at radius 1 is 1.25 bits per heavy atom. The van der Waals surface area contributed by atoms with Crippen LogP contribution in [-0.4, -0.2) is 7.11 Å². The number of hydrazine groups is 1. The van der Waals surface area contributed by atoms with Gasteiger partial charge in [0, 0.05) is 10.0 Å². The molecule has 0 spiro atoms. The van der Waals surface area contributed by atoms with Gasteiger partial charge in [-0.05, 0) is 37.1 Å². The summed E-state index contributed by atoms with van der Waals surface area (Å²) in [6.07, 6.45) is 0.801. The van der Waals surface area contributed by atoms with Gasteiger partial charge >= 0.3 is 0 Å². The van der Waals surface area contributed by atoms with E-state index in [4.69, 9.17) is 10.6 Å². The monoisotopic (exact) mass is 334 g/mol. The number of hydrogen-bond donors (Lipinski definition) is 2. The van der Waals surface area contributed by atoms with Gasteiger partial charge in [0.2, 0.25) is 0 Å². The van der Waals surface area contributed by atoms with E-state index in [1.807, 2.05) is 24.3 Å². The summed E-state index contributed by atoms with van der Waals surface area (Å²) in [6, 6.07) is 14.4. The zero-order valence-electron chi connectivity index (χ0n) is 11.7. The predicted molar refractivity (Wildman–Crippen MR) is 85.6 cm³/mol. The molecule has 0 saturated heterocycles. The second-order valence-corrected chi connectivity index (χ2v) is 5.71. The van der Waals surface area contributed by atoms with Gasteiger partial charge in [-0.15, -0.1) is 0 Å². The van der Waals surface area contributed by atoms with Crippen molar-refractivity contribution in [1.29, 1.82) is 0 Å². The second kappa shape index (κ2) is 6.88. The van der Waals surface area contributed by atoms with Crippen LogP contribution in [0.4, 0.5) is 0 Å². The average molecular weight is 335 g/mol. The Morgan fingerprint density at radius 2 is 2.05 bits per heavy atom. The number of rotatable bonds is 5. The first-order valence-electron chi connectivity index (χ1n) is 6.49. The van der Waals surface area contributed by atoms with Crippen molar-refractivity contribution in [3.63, 3.8) is 0 Å². The van der Waals surface area contributed by atoms with E-state index in [1.54, 1.807) is 7.11 Å². The molecule has 0 heterocycles. The van der Waals surface area contributed by atoms with Crippen molar-refractivity contribution in [2.75, 3.05) is 7.11 Å². The minimum Gasteiger partial charge on any atom is -0.496 e. The first kappa shape index (κ1) is 15.0. The fraction of sp³-hybridized carbons (Fsp3) is 0.250. The summed E-state index contributed by atoms with van der Waals surface area (Å²) in [5.41, 5.74) is 6.38. The lowest BCUT2D eigenvalue weighted by molar-refractivity contribution is 0.399. The first-order valence-corrected chi connectivity index (χ1v) is 7.28. The summed E-state index contributed by atoms with van der Waals surface area (Å²) in [6.45, 7) is 2.07. The summed E-state index contributed by atoms with van der Waals surface area (Å²) in [7, 11) is 1.68. The van der Waals surface area contributed by atoms with Gasteiger partial charge in [-0.1, -0.05) is 45.8 Å². The van der Waals surface area contributed by atoms with E-state index in [-0.39, 0.29) is 6.04 Å². The maximum Gasteiger partial charge on any atom is 0.123 e. The summed E-state index contributed by atoms with van der Waals surface area (Å²) in [5.74, 6) is 6.60. The fourth-order valence-corrected chi connectivity index (χ4v) is 2.73. The summed E-state index contributed by atoms with van der Waals surface area (Å²) < 4.78 is 6.51. The Kier molecular flexibility index (Phi) is 5.17. The van der Waals surface area contributed by atoms with Crippen LogP contribution in [0, 0.1) is 6.92 Å². The smallest absolute Gasteiger partial charge is 0.123 e. The normalized spacial score (nSPS) is 12.2. The van der Waals surface area contributed by atoms with Crippen LogP contribution in [0.15, 0.2) is 46.9 Å². The molecule has 106 valence electrons. The summed E-state index contributed by atoms with van der Waals surface area (Å²) >= 11 is 3.49. The fourth-order valence-electron chi connectivity index (χ4n) is 2.28. The quantitative estimate of drug-likeness (QED) is 0.649. The lowest BCUT2D eigenvalue weighted by Gasteiger charge is -2.20. The number of hydrogen-bond acceptors (Lipinski definition) is 3. The van der Waals surface area contributed by atoms with Crippen LogP contribution < -0.4 is 16.0 Å². The highest BCUT2D eigenvalue weighted by atomic mass is 79.9. The second-order valence-electron chi connectivity index (χ2n) is 4.80. The molecule has 3 N–H and O–H groups in total. The van der Waals surface area contributed by atoms with Gasteiger partial charge in [0.1, 0.15) is 5.75 Å². The number of ether oxygens (including phenoxy) is 1. The van der Waals surface area contributed by atoms with Crippen LogP contribution in [0.3, 0.4) is 0 Å². The zero-order valence-corrected chi connectivity index (χ0v) is 13.3. The molecule has 4 heteroatoms. The highest BCUT2D eigenvalue weighted by Crippen LogP contribution is 2.28. The van der Waals surface area contributed by atoms with E-state index in [9.17, 15) is 0 Å². The van der Waals surface area contributed by atoms with Gasteiger partial charge in [-0.2, -0.15) is 0 Å². The van der Waals surface area contributed by atoms with E-state index in [2.05, 4.69) is 46.5 Å². The maximum atomic E-state index is 5.75. The molecule has 0 amide bonds. The first-order chi connectivity index (χ1) is 9.63. The van der Waals surface area contributed by atoms with Crippen LogP contribution in [-0.2, 0) is 6.42 Å². The van der Waals surface area contributed by atoms with Gasteiger partial charge in [-0.3, -0.25) is 11.3 Å². The molecule has 0 bridgehead atoms. The summed E-state index contributed by atoms with van der Waals surface area (Å²) in [5, 5.41) is 0. The molecule has 0 aliphatic heterocycles. The van der Waals surface area contributed by atoms with Gasteiger partial charge in [-0.25, -0.2) is 0 Å². The number of methoxy groups -OCH3 is 1. The molecule has 2 rings (SSSR count). The molecule has 0 fully saturated rings. The molecule has 1 atom stereocenters. The molecule has 0 saturated carbocycles. The number of aryl methyl sites for hydroxylation is 1. The lowest BCUT2D eigenvalue weighted by Crippen LogP contribution is -2.30. The Balaban J connectivity index is 2.30. The van der Waals surface area contributed by atoms with Gasteiger partial charge in [0.05, 0.1) is 13.2 Å². The molecular formula is C16H19BrN2O. The Labute approximate surface area is 128 Å². The van der Waals surface area contributed by atoms with Crippen molar-refractivity contribution in [2.45, 2.75) is 19.4 Å². The average Bonchev–Trinajstić information content (AvgIpc) is 2.45. The molecule has 2 aromatic carbocycles. The van der Waals surface area contributed by atoms with Crippen molar-refractivity contribution in [2.24, 2.45) is 5.84 Å². The standard InChI is InChI=1S/C16H19BrN2O/c1-11-6-7-16(20-2)14(8-11)15(19-18)10-12-4-3-5-13(17)9-12/h3-9,15,19H,10,18H2,1-2H3. The van der Waals surface area contributed by atoms with Gasteiger partial charge < -0.3 is 4.74 Å². The van der Waals surface area contributed by atoms with Crippen molar-refractivity contribution in [1.82, 2.24) is 5.43 Å². The molecule has 2 aromatic rings. The van der Waals surface area contributed by atoms with Crippen LogP contribution in [0.2, 0.25) is 0 Å². The van der Waals surface area contributed by atoms with Crippen molar-refractivity contribution < 1.29 is 4.74 Å². The maximum absolute atomic E-state index is 5.75. The van der Waals surface area contributed by atoms with E-state index in [1.165, 1.54) is 11.1 Å². The highest BCUT2D eigenvalue weighted by Gasteiger charge is 2.15. The van der Waals surface area contributed by atoms with Crippen molar-refractivity contribution in [3.05, 3.63) is 63.6 Å². The Bertz CT molecular complexity index is 586. The number of nitrogens with two attached hydrogens (primary N) is 1. The number of nitrogens with one attached hydrogen (secondary N) is 1. The third-order valence-corrected chi connectivity index (χ3v) is 3.78. The molecule has 0 aromatic heterocycles. The molecule has 0 radical (unpaired) electrons. The Morgan fingerprint density at radius 3 is 2.70 bits per heavy atom. The van der Waals surface area contributed by atoms with Gasteiger partial charge in [0.15, 0.2) is 0 Å². The van der Waals surface area contributed by atoms with Crippen LogP contribution in [0.25, 0.3) is 0 Å². The minimum absolute atomic E-state index is 0.0131. The summed E-state index contributed by atoms with van der Waals surface area (Å²) in [4.78, 5) is 0. The molecule has 20 heavy (non-hydrogen) atoms. The molecule has 3 nitrogen and oxygen atoms in total. The number of benzene rings is 2. The molecular weight excluding hydrogens is 316 g/mol. The largest absolute Gasteiger partial charge is 0.496 e. The molecule has 0 aliphatic carbocycles. The minimum atomic E-state index is 0.0131. The topological polar surface area (TPSA) is 47.3 Å². The SMILES string of the molecule is COc1ccc(C)cc1C(Cc1cccc(Br)c1)NN. The van der Waals surface area contributed by atoms with Crippen LogP contribution in [0.5, 0.6) is 5.75 Å². The molecule has 1 unspecified atom stereocenters. The highest BCUT2D eigenvalue weighted by molar-refractivity contribution is 9.10. The van der Waals surface area contributed by atoms with Crippen molar-refractivity contribution >= 4 is 15.9 Å². The van der Waals surface area contributed by atoms with Crippen LogP contribution in [0.1, 0.15) is 22.7 Å². The number of halogens is 1. The van der Waals surface area contributed by atoms with E-state index in [0.717, 1.165) is 22.2 Å². The predicted octanol–water partition coefficient (Wildman–Crippen LogP) is 3.51. The third kappa shape index (κ3) is 3.60. The van der Waals surface area contributed by atoms with E-state index >= 15 is 0 Å². The van der Waals surface area contributed by atoms with Crippen LogP contribution >= 0.6 is 15.9 Å². The van der Waals surface area contributed by atoms with Crippen molar-refractivity contribution in [3.8, 4) is 5.75 Å². The van der Waals surface area contributed by atoms with Gasteiger partial charge in [0.25, 0.3) is 0 Å². The van der Waals surface area contributed by atoms with E-state index in [0.29, 0.717) is 0 Å². The third-order valence-electron chi connectivity index (χ3n) is 3.29. The van der Waals surface area contributed by atoms with E-state index < -0.39 is 0 Å². The Hall–Kier alpha value is -1.36. The lowest BCUT2D eigenvalue weighted by atomic mass is 9.97. The molecule has 0 aliphatic rings. The zero-order chi connectivity index (χ0) is 14.5.